The smallest absolute Gasteiger partial charge is 0.233 e. The molecule has 1 saturated carbocycles. The van der Waals surface area contributed by atoms with Crippen LogP contribution in [0.2, 0.25) is 5.02 Å². The van der Waals surface area contributed by atoms with Crippen molar-refractivity contribution < 1.29 is 14.6 Å². The predicted molar refractivity (Wildman–Crippen MR) is 106 cm³/mol. The molecule has 2 saturated heterocycles. The summed E-state index contributed by atoms with van der Waals surface area (Å²) in [6, 6.07) is 7.80. The van der Waals surface area contributed by atoms with Crippen molar-refractivity contribution in [2.75, 3.05) is 13.1 Å². The number of rotatable bonds is 3. The van der Waals surface area contributed by atoms with Crippen molar-refractivity contribution in [2.24, 2.45) is 0 Å². The second kappa shape index (κ2) is 7.38. The van der Waals surface area contributed by atoms with Gasteiger partial charge in [0.15, 0.2) is 0 Å². The summed E-state index contributed by atoms with van der Waals surface area (Å²) in [5.74, 6) is 0.259. The van der Waals surface area contributed by atoms with Crippen LogP contribution in [0.5, 0.6) is 0 Å². The van der Waals surface area contributed by atoms with Crippen LogP contribution in [0.3, 0.4) is 0 Å². The van der Waals surface area contributed by atoms with Gasteiger partial charge in [-0.1, -0.05) is 37.1 Å². The Morgan fingerprint density at radius 1 is 1.22 bits per heavy atom. The van der Waals surface area contributed by atoms with Gasteiger partial charge in [-0.25, -0.2) is 0 Å². The van der Waals surface area contributed by atoms with Crippen LogP contribution in [0.4, 0.5) is 0 Å². The van der Waals surface area contributed by atoms with Gasteiger partial charge in [-0.05, 0) is 56.2 Å². The standard InChI is InChI=1S/C22H30ClNO3/c1-2-19-14-18(25)15-21(27-19)10-12-24(13-11-21)20(26)22(8-3-9-22)16-4-6-17(23)7-5-16/h4-7,18-19,25H,2-3,8-15H2,1H3/t18-,19+/m1/s1. The molecular formula is C22H30ClNO3. The summed E-state index contributed by atoms with van der Waals surface area (Å²) in [6.07, 6.45) is 6.81. The number of hydrogen-bond acceptors (Lipinski definition) is 3. The third kappa shape index (κ3) is 3.52. The van der Waals surface area contributed by atoms with Gasteiger partial charge in [-0.2, -0.15) is 0 Å². The molecule has 0 aromatic heterocycles. The lowest BCUT2D eigenvalue weighted by Gasteiger charge is -2.50. The van der Waals surface area contributed by atoms with Crippen LogP contribution in [0.1, 0.15) is 63.9 Å². The van der Waals surface area contributed by atoms with Gasteiger partial charge < -0.3 is 14.7 Å². The second-order valence-electron chi connectivity index (χ2n) is 8.66. The van der Waals surface area contributed by atoms with Gasteiger partial charge in [-0.15, -0.1) is 0 Å². The molecule has 1 aromatic rings. The minimum absolute atomic E-state index is 0.142. The van der Waals surface area contributed by atoms with E-state index in [2.05, 4.69) is 6.92 Å². The van der Waals surface area contributed by atoms with Crippen LogP contribution in [0, 0.1) is 0 Å². The third-order valence-electron chi connectivity index (χ3n) is 6.99. The number of amides is 1. The molecule has 1 amide bonds. The van der Waals surface area contributed by atoms with Gasteiger partial charge in [0.25, 0.3) is 0 Å². The van der Waals surface area contributed by atoms with Crippen molar-refractivity contribution in [2.45, 2.75) is 81.5 Å². The van der Waals surface area contributed by atoms with E-state index in [4.69, 9.17) is 16.3 Å². The molecule has 1 spiro atoms. The van der Waals surface area contributed by atoms with Gasteiger partial charge in [0, 0.05) is 24.5 Å². The minimum atomic E-state index is -0.367. The number of halogens is 1. The van der Waals surface area contributed by atoms with E-state index in [0.717, 1.165) is 63.6 Å². The Morgan fingerprint density at radius 3 is 2.44 bits per heavy atom. The van der Waals surface area contributed by atoms with E-state index in [0.29, 0.717) is 11.4 Å². The molecule has 2 aliphatic heterocycles. The molecule has 27 heavy (non-hydrogen) atoms. The fourth-order valence-corrected chi connectivity index (χ4v) is 5.31. The number of likely N-dealkylation sites (tertiary alicyclic amines) is 1. The number of hydrogen-bond donors (Lipinski definition) is 1. The van der Waals surface area contributed by atoms with Crippen LogP contribution in [-0.2, 0) is 14.9 Å². The lowest BCUT2D eigenvalue weighted by molar-refractivity contribution is -0.185. The summed E-state index contributed by atoms with van der Waals surface area (Å²) in [7, 11) is 0. The topological polar surface area (TPSA) is 49.8 Å². The fourth-order valence-electron chi connectivity index (χ4n) is 5.18. The summed E-state index contributed by atoms with van der Waals surface area (Å²) in [5, 5.41) is 11.0. The highest BCUT2D eigenvalue weighted by Gasteiger charge is 2.50. The zero-order valence-corrected chi connectivity index (χ0v) is 16.9. The van der Waals surface area contributed by atoms with E-state index in [1.165, 1.54) is 0 Å². The first-order valence-electron chi connectivity index (χ1n) is 10.4. The molecule has 0 radical (unpaired) electrons. The number of ether oxygens (including phenoxy) is 1. The molecule has 4 nitrogen and oxygen atoms in total. The van der Waals surface area contributed by atoms with E-state index >= 15 is 0 Å². The molecule has 3 fully saturated rings. The zero-order chi connectivity index (χ0) is 19.1. The fraction of sp³-hybridized carbons (Fsp3) is 0.682. The van der Waals surface area contributed by atoms with Crippen molar-refractivity contribution in [3.8, 4) is 0 Å². The summed E-state index contributed by atoms with van der Waals surface area (Å²) in [4.78, 5) is 15.5. The first-order chi connectivity index (χ1) is 13.0. The maximum atomic E-state index is 13.4. The monoisotopic (exact) mass is 391 g/mol. The number of carbonyl (C=O) groups excluding carboxylic acids is 1. The first-order valence-corrected chi connectivity index (χ1v) is 10.8. The summed E-state index contributed by atoms with van der Waals surface area (Å²) >= 11 is 6.04. The molecule has 1 aliphatic carbocycles. The molecule has 4 rings (SSSR count). The van der Waals surface area contributed by atoms with E-state index in [-0.39, 0.29) is 29.1 Å². The highest BCUT2D eigenvalue weighted by molar-refractivity contribution is 6.30. The van der Waals surface area contributed by atoms with E-state index in [9.17, 15) is 9.90 Å². The van der Waals surface area contributed by atoms with Gasteiger partial charge in [0.2, 0.25) is 5.91 Å². The molecule has 5 heteroatoms. The molecule has 1 N–H and O–H groups in total. The van der Waals surface area contributed by atoms with Crippen molar-refractivity contribution in [3.63, 3.8) is 0 Å². The SMILES string of the molecule is CC[C@H]1C[C@@H](O)CC2(CCN(C(=O)C3(c4ccc(Cl)cc4)CCC3)CC2)O1. The second-order valence-corrected chi connectivity index (χ2v) is 9.10. The molecule has 0 unspecified atom stereocenters. The van der Waals surface area contributed by atoms with Crippen LogP contribution < -0.4 is 0 Å². The highest BCUT2D eigenvalue weighted by Crippen LogP contribution is 2.47. The van der Waals surface area contributed by atoms with Crippen LogP contribution in [0.25, 0.3) is 0 Å². The molecule has 2 atom stereocenters. The lowest BCUT2D eigenvalue weighted by atomic mass is 9.63. The van der Waals surface area contributed by atoms with Crippen molar-refractivity contribution in [3.05, 3.63) is 34.9 Å². The van der Waals surface area contributed by atoms with Gasteiger partial charge in [-0.3, -0.25) is 4.79 Å². The van der Waals surface area contributed by atoms with Gasteiger partial charge in [0.05, 0.1) is 23.2 Å². The van der Waals surface area contributed by atoms with Gasteiger partial charge >= 0.3 is 0 Å². The Hall–Kier alpha value is -1.10. The predicted octanol–water partition coefficient (Wildman–Crippen LogP) is 4.07. The van der Waals surface area contributed by atoms with Crippen LogP contribution >= 0.6 is 11.6 Å². The quantitative estimate of drug-likeness (QED) is 0.844. The maximum Gasteiger partial charge on any atom is 0.233 e. The van der Waals surface area contributed by atoms with Crippen molar-refractivity contribution in [1.29, 1.82) is 0 Å². The van der Waals surface area contributed by atoms with E-state index < -0.39 is 0 Å². The number of piperidine rings is 1. The molecular weight excluding hydrogens is 362 g/mol. The summed E-state index contributed by atoms with van der Waals surface area (Å²) in [5.41, 5.74) is 0.481. The Morgan fingerprint density at radius 2 is 1.89 bits per heavy atom. The zero-order valence-electron chi connectivity index (χ0n) is 16.1. The first kappa shape index (κ1) is 19.2. The van der Waals surface area contributed by atoms with Crippen LogP contribution in [-0.4, -0.2) is 46.8 Å². The van der Waals surface area contributed by atoms with E-state index in [1.807, 2.05) is 29.2 Å². The largest absolute Gasteiger partial charge is 0.393 e. The molecule has 3 aliphatic rings. The Bertz CT molecular complexity index is 677. The maximum absolute atomic E-state index is 13.4. The van der Waals surface area contributed by atoms with Crippen molar-refractivity contribution in [1.82, 2.24) is 4.90 Å². The Labute approximate surface area is 166 Å². The number of aliphatic hydroxyl groups excluding tert-OH is 1. The van der Waals surface area contributed by atoms with E-state index in [1.54, 1.807) is 0 Å². The number of benzene rings is 1. The summed E-state index contributed by atoms with van der Waals surface area (Å²) in [6.45, 7) is 3.55. The van der Waals surface area contributed by atoms with Crippen molar-refractivity contribution >= 4 is 17.5 Å². The lowest BCUT2D eigenvalue weighted by Crippen LogP contribution is -2.58. The van der Waals surface area contributed by atoms with Crippen LogP contribution in [0.15, 0.2) is 24.3 Å². The number of carbonyl (C=O) groups is 1. The highest BCUT2D eigenvalue weighted by atomic mass is 35.5. The van der Waals surface area contributed by atoms with Gasteiger partial charge in [0.1, 0.15) is 0 Å². The molecule has 0 bridgehead atoms. The average Bonchev–Trinajstić information content (AvgIpc) is 2.62. The summed E-state index contributed by atoms with van der Waals surface area (Å²) < 4.78 is 6.37. The molecule has 148 valence electrons. The Kier molecular flexibility index (Phi) is 5.26. The minimum Gasteiger partial charge on any atom is -0.393 e. The number of aliphatic hydroxyl groups is 1. The molecule has 2 heterocycles. The number of nitrogens with zero attached hydrogens (tertiary/aromatic N) is 1. The Balaban J connectivity index is 1.46. The normalized spacial score (nSPS) is 29.4. The molecule has 1 aromatic carbocycles. The third-order valence-corrected chi connectivity index (χ3v) is 7.24. The average molecular weight is 392 g/mol.